The Hall–Kier alpha value is -3.30. The molecule has 10 heteroatoms. The van der Waals surface area contributed by atoms with Gasteiger partial charge in [-0.3, -0.25) is 0 Å². The summed E-state index contributed by atoms with van der Waals surface area (Å²) in [6.45, 7) is 14.1. The van der Waals surface area contributed by atoms with E-state index < -0.39 is 36.1 Å². The zero-order valence-corrected chi connectivity index (χ0v) is 21.2. The molecule has 10 nitrogen and oxygen atoms in total. The van der Waals surface area contributed by atoms with Crippen molar-refractivity contribution in [2.45, 2.75) is 79.7 Å². The lowest BCUT2D eigenvalue weighted by Gasteiger charge is -2.23. The van der Waals surface area contributed by atoms with Gasteiger partial charge in [0.05, 0.1) is 23.6 Å². The van der Waals surface area contributed by atoms with Crippen LogP contribution in [-0.2, 0) is 19.1 Å². The number of rotatable bonds is 10. The zero-order chi connectivity index (χ0) is 26.0. The summed E-state index contributed by atoms with van der Waals surface area (Å²) in [6.07, 6.45) is -0.621. The maximum atomic E-state index is 12.6. The Kier molecular flexibility index (Phi) is 11.3. The van der Waals surface area contributed by atoms with Crippen molar-refractivity contribution in [1.29, 1.82) is 0 Å². The van der Waals surface area contributed by atoms with Crippen LogP contribution >= 0.6 is 0 Å². The minimum atomic E-state index is -0.843. The van der Waals surface area contributed by atoms with Crippen LogP contribution in [0.15, 0.2) is 24.3 Å². The largest absolute Gasteiger partial charge is 0.461 e. The van der Waals surface area contributed by atoms with Crippen molar-refractivity contribution in [1.82, 2.24) is 10.6 Å². The molecule has 0 unspecified atom stereocenters. The molecule has 0 aliphatic heterocycles. The number of para-hydroxylation sites is 2. The van der Waals surface area contributed by atoms with Crippen molar-refractivity contribution < 1.29 is 28.7 Å². The molecule has 0 radical (unpaired) electrons. The summed E-state index contributed by atoms with van der Waals surface area (Å²) in [7, 11) is 0. The number of carbonyl (C=O) groups is 4. The summed E-state index contributed by atoms with van der Waals surface area (Å²) in [4.78, 5) is 49.8. The zero-order valence-electron chi connectivity index (χ0n) is 21.2. The molecule has 0 spiro atoms. The Labute approximate surface area is 201 Å². The van der Waals surface area contributed by atoms with E-state index in [9.17, 15) is 19.2 Å². The van der Waals surface area contributed by atoms with Crippen LogP contribution in [-0.4, -0.2) is 48.3 Å². The first-order chi connectivity index (χ1) is 15.8. The number of carbonyl (C=O) groups excluding carboxylic acids is 4. The molecule has 0 saturated heterocycles. The molecule has 1 rings (SSSR count). The van der Waals surface area contributed by atoms with Crippen LogP contribution in [0.2, 0.25) is 0 Å². The Balaban J connectivity index is 2.89. The fourth-order valence-corrected chi connectivity index (χ4v) is 2.91. The van der Waals surface area contributed by atoms with Crippen LogP contribution < -0.4 is 21.3 Å². The second-order valence-corrected chi connectivity index (χ2v) is 9.16. The van der Waals surface area contributed by atoms with Gasteiger partial charge in [-0.25, -0.2) is 19.2 Å². The second-order valence-electron chi connectivity index (χ2n) is 9.16. The van der Waals surface area contributed by atoms with Gasteiger partial charge in [-0.05, 0) is 51.7 Å². The van der Waals surface area contributed by atoms with Crippen molar-refractivity contribution in [3.05, 3.63) is 24.3 Å². The first-order valence-corrected chi connectivity index (χ1v) is 11.5. The van der Waals surface area contributed by atoms with E-state index in [1.54, 1.807) is 79.7 Å². The quantitative estimate of drug-likeness (QED) is 0.377. The standard InChI is InChI=1S/C24H38N4O6/c1-13(2)19(21(29)33-15(5)6)27-23(31)25-17-11-9-10-12-18(17)26-24(32)28-20(14(3)4)22(30)34-16(7)8/h9-16,19-20H,1-8H3,(H2,25,27,31)(H2,26,28,32)/t19-,20-/m0/s1. The van der Waals surface area contributed by atoms with Crippen molar-refractivity contribution in [3.63, 3.8) is 0 Å². The van der Waals surface area contributed by atoms with Crippen LogP contribution in [0.4, 0.5) is 21.0 Å². The Morgan fingerprint density at radius 3 is 1.21 bits per heavy atom. The molecule has 4 N–H and O–H groups in total. The molecule has 1 aromatic rings. The number of anilines is 2. The molecule has 0 aliphatic carbocycles. The SMILES string of the molecule is CC(C)OC(=O)[C@@H](NC(=O)Nc1ccccc1NC(=O)N[C@H](C(=O)OC(C)C)C(C)C)C(C)C. The third-order valence-corrected chi connectivity index (χ3v) is 4.54. The fourth-order valence-electron chi connectivity index (χ4n) is 2.91. The number of urea groups is 2. The number of benzene rings is 1. The number of amides is 4. The van der Waals surface area contributed by atoms with E-state index in [0.717, 1.165) is 0 Å². The molecule has 190 valence electrons. The number of hydrogen-bond donors (Lipinski definition) is 4. The van der Waals surface area contributed by atoms with Crippen LogP contribution in [0.1, 0.15) is 55.4 Å². The molecule has 2 atom stereocenters. The summed E-state index contributed by atoms with van der Waals surface area (Å²) in [5.74, 6) is -1.46. The molecule has 0 aromatic heterocycles. The smallest absolute Gasteiger partial charge is 0.329 e. The molecule has 0 heterocycles. The average Bonchev–Trinajstić information content (AvgIpc) is 2.70. The molecule has 0 saturated carbocycles. The van der Waals surface area contributed by atoms with E-state index in [0.29, 0.717) is 11.4 Å². The lowest BCUT2D eigenvalue weighted by Crippen LogP contribution is -2.48. The Morgan fingerprint density at radius 2 is 0.941 bits per heavy atom. The maximum Gasteiger partial charge on any atom is 0.329 e. The van der Waals surface area contributed by atoms with Gasteiger partial charge in [0, 0.05) is 0 Å². The first-order valence-electron chi connectivity index (χ1n) is 11.5. The van der Waals surface area contributed by atoms with Crippen LogP contribution in [0.3, 0.4) is 0 Å². The van der Waals surface area contributed by atoms with Gasteiger partial charge >= 0.3 is 24.0 Å². The van der Waals surface area contributed by atoms with Crippen molar-refractivity contribution >= 4 is 35.4 Å². The Morgan fingerprint density at radius 1 is 0.618 bits per heavy atom. The topological polar surface area (TPSA) is 135 Å². The van der Waals surface area contributed by atoms with Crippen LogP contribution in [0, 0.1) is 11.8 Å². The average molecular weight is 479 g/mol. The highest BCUT2D eigenvalue weighted by atomic mass is 16.5. The second kappa shape index (κ2) is 13.4. The lowest BCUT2D eigenvalue weighted by molar-refractivity contribution is -0.151. The van der Waals surface area contributed by atoms with Crippen LogP contribution in [0.25, 0.3) is 0 Å². The van der Waals surface area contributed by atoms with Crippen molar-refractivity contribution in [2.24, 2.45) is 11.8 Å². The number of ether oxygens (including phenoxy) is 2. The number of hydrogen-bond acceptors (Lipinski definition) is 6. The highest BCUT2D eigenvalue weighted by molar-refractivity contribution is 6.00. The van der Waals surface area contributed by atoms with E-state index in [4.69, 9.17) is 9.47 Å². The Bertz CT molecular complexity index is 785. The fraction of sp³-hybridized carbons (Fsp3) is 0.583. The van der Waals surface area contributed by atoms with E-state index in [2.05, 4.69) is 21.3 Å². The predicted molar refractivity (Wildman–Crippen MR) is 130 cm³/mol. The molecule has 0 aliphatic rings. The van der Waals surface area contributed by atoms with E-state index in [-0.39, 0.29) is 24.0 Å². The number of nitrogens with one attached hydrogen (secondary N) is 4. The molecule has 0 bridgehead atoms. The van der Waals surface area contributed by atoms with Crippen molar-refractivity contribution in [2.75, 3.05) is 10.6 Å². The molecular formula is C24H38N4O6. The van der Waals surface area contributed by atoms with E-state index in [1.807, 2.05) is 0 Å². The number of esters is 2. The van der Waals surface area contributed by atoms with Gasteiger partial charge in [-0.1, -0.05) is 39.8 Å². The van der Waals surface area contributed by atoms with Gasteiger partial charge in [0.25, 0.3) is 0 Å². The van der Waals surface area contributed by atoms with Crippen LogP contribution in [0.5, 0.6) is 0 Å². The summed E-state index contributed by atoms with van der Waals surface area (Å²) in [5.41, 5.74) is 0.612. The summed E-state index contributed by atoms with van der Waals surface area (Å²) in [6, 6.07) is 3.61. The minimum absolute atomic E-state index is 0.199. The summed E-state index contributed by atoms with van der Waals surface area (Å²) < 4.78 is 10.4. The highest BCUT2D eigenvalue weighted by Crippen LogP contribution is 2.21. The summed E-state index contributed by atoms with van der Waals surface area (Å²) in [5, 5.41) is 10.5. The van der Waals surface area contributed by atoms with Gasteiger partial charge in [0.1, 0.15) is 12.1 Å². The molecule has 0 fully saturated rings. The third kappa shape index (κ3) is 9.68. The monoisotopic (exact) mass is 478 g/mol. The lowest BCUT2D eigenvalue weighted by atomic mass is 10.0. The molecule has 4 amide bonds. The predicted octanol–water partition coefficient (Wildman–Crippen LogP) is 3.88. The van der Waals surface area contributed by atoms with Gasteiger partial charge in [0.15, 0.2) is 0 Å². The van der Waals surface area contributed by atoms with Crippen molar-refractivity contribution in [3.8, 4) is 0 Å². The third-order valence-electron chi connectivity index (χ3n) is 4.54. The minimum Gasteiger partial charge on any atom is -0.461 e. The van der Waals surface area contributed by atoms with Gasteiger partial charge in [-0.15, -0.1) is 0 Å². The normalized spacial score (nSPS) is 12.8. The molecule has 1 aromatic carbocycles. The first kappa shape index (κ1) is 28.7. The van der Waals surface area contributed by atoms with Gasteiger partial charge in [0.2, 0.25) is 0 Å². The summed E-state index contributed by atoms with van der Waals surface area (Å²) >= 11 is 0. The maximum absolute atomic E-state index is 12.6. The van der Waals surface area contributed by atoms with Gasteiger partial charge < -0.3 is 30.7 Å². The molecular weight excluding hydrogens is 440 g/mol. The highest BCUT2D eigenvalue weighted by Gasteiger charge is 2.28. The van der Waals surface area contributed by atoms with E-state index in [1.165, 1.54) is 0 Å². The van der Waals surface area contributed by atoms with Gasteiger partial charge in [-0.2, -0.15) is 0 Å². The van der Waals surface area contributed by atoms with E-state index >= 15 is 0 Å². The molecule has 34 heavy (non-hydrogen) atoms.